The van der Waals surface area contributed by atoms with Crippen LogP contribution in [0.1, 0.15) is 34.3 Å². The number of nitrogens with zero attached hydrogens (tertiary/aromatic N) is 3. The molecule has 2 N–H and O–H groups in total. The zero-order chi connectivity index (χ0) is 26.0. The predicted octanol–water partition coefficient (Wildman–Crippen LogP) is 6.05. The summed E-state index contributed by atoms with van der Waals surface area (Å²) in [7, 11) is 1.46. The zero-order valence-electron chi connectivity index (χ0n) is 19.3. The number of nitrogens with two attached hydrogens (primary N) is 1. The molecular formula is C25H23BrF4N4O2. The molecule has 11 heteroatoms. The van der Waals surface area contributed by atoms with Crippen LogP contribution in [-0.2, 0) is 12.6 Å². The fourth-order valence-electron chi connectivity index (χ4n) is 4.13. The number of halogens is 5. The molecule has 0 atom stereocenters. The van der Waals surface area contributed by atoms with Gasteiger partial charge < -0.3 is 15.4 Å². The minimum absolute atomic E-state index is 0.0780. The number of amides is 1. The molecule has 0 saturated carbocycles. The van der Waals surface area contributed by atoms with E-state index in [2.05, 4.69) is 20.9 Å². The first-order chi connectivity index (χ1) is 17.1. The van der Waals surface area contributed by atoms with E-state index in [1.165, 1.54) is 36.3 Å². The number of hydrogen-bond donors (Lipinski definition) is 1. The van der Waals surface area contributed by atoms with Gasteiger partial charge in [0, 0.05) is 11.8 Å². The van der Waals surface area contributed by atoms with Crippen LogP contribution in [0, 0.1) is 5.82 Å². The molecule has 0 spiro atoms. The molecule has 4 rings (SSSR count). The fraction of sp³-hybridized carbons (Fsp3) is 0.280. The summed E-state index contributed by atoms with van der Waals surface area (Å²) in [4.78, 5) is 20.7. The molecule has 1 aromatic heterocycles. The molecule has 0 fully saturated rings. The first-order valence-electron chi connectivity index (χ1n) is 11.1. The molecule has 1 aliphatic rings. The lowest BCUT2D eigenvalue weighted by Crippen LogP contribution is -2.45. The molecule has 1 aliphatic heterocycles. The summed E-state index contributed by atoms with van der Waals surface area (Å²) >= 11 is 3.36. The van der Waals surface area contributed by atoms with Crippen LogP contribution < -0.4 is 20.3 Å². The first-order valence-corrected chi connectivity index (χ1v) is 11.9. The molecule has 0 unspecified atom stereocenters. The highest BCUT2D eigenvalue weighted by atomic mass is 79.9. The van der Waals surface area contributed by atoms with E-state index in [9.17, 15) is 22.4 Å². The predicted molar refractivity (Wildman–Crippen MR) is 132 cm³/mol. The van der Waals surface area contributed by atoms with Crippen molar-refractivity contribution in [2.24, 2.45) is 5.73 Å². The van der Waals surface area contributed by atoms with E-state index < -0.39 is 23.5 Å². The molecule has 3 aromatic rings. The van der Waals surface area contributed by atoms with Gasteiger partial charge in [-0.05, 0) is 89.8 Å². The molecule has 6 nitrogen and oxygen atoms in total. The van der Waals surface area contributed by atoms with E-state index in [1.807, 2.05) is 0 Å². The second-order valence-corrected chi connectivity index (χ2v) is 8.97. The molecule has 2 aromatic carbocycles. The van der Waals surface area contributed by atoms with Gasteiger partial charge in [0.2, 0.25) is 5.88 Å². The van der Waals surface area contributed by atoms with Crippen molar-refractivity contribution in [2.45, 2.75) is 25.4 Å². The number of hydrogen-bond acceptors (Lipinski definition) is 5. The largest absolute Gasteiger partial charge is 0.481 e. The van der Waals surface area contributed by atoms with E-state index in [-0.39, 0.29) is 17.9 Å². The van der Waals surface area contributed by atoms with Gasteiger partial charge in [0.25, 0.3) is 5.91 Å². The van der Waals surface area contributed by atoms with Crippen LogP contribution in [0.15, 0.2) is 53.1 Å². The number of carbonyl (C=O) groups excluding carboxylic acids is 1. The van der Waals surface area contributed by atoms with Gasteiger partial charge in [-0.15, -0.1) is 0 Å². The Morgan fingerprint density at radius 2 is 1.78 bits per heavy atom. The highest BCUT2D eigenvalue weighted by Gasteiger charge is 2.37. The average molecular weight is 567 g/mol. The number of ether oxygens (including phenoxy) is 1. The maximum absolute atomic E-state index is 14.2. The lowest BCUT2D eigenvalue weighted by Gasteiger charge is -2.39. The standard InChI is InChI=1S/C25H23BrF4N4O2/c1-36-22-10-9-20(23(26)32-22)34-14-33(19-8-6-17(27)12-15(19)4-2-3-11-31)21-13-16(25(28,29)30)5-7-18(21)24(34)35/h5-10,12-13H,2-4,11,14,31H2,1H3. The van der Waals surface area contributed by atoms with Gasteiger partial charge in [-0.1, -0.05) is 0 Å². The number of alkyl halides is 3. The van der Waals surface area contributed by atoms with Crippen molar-refractivity contribution in [3.8, 4) is 5.88 Å². The molecule has 0 bridgehead atoms. The molecule has 0 aliphatic carbocycles. The molecule has 190 valence electrons. The number of rotatable bonds is 7. The first kappa shape index (κ1) is 25.9. The van der Waals surface area contributed by atoms with Crippen LogP contribution in [0.3, 0.4) is 0 Å². The smallest absolute Gasteiger partial charge is 0.416 e. The lowest BCUT2D eigenvalue weighted by molar-refractivity contribution is -0.137. The van der Waals surface area contributed by atoms with Crippen molar-refractivity contribution in [3.63, 3.8) is 0 Å². The van der Waals surface area contributed by atoms with Crippen molar-refractivity contribution in [1.29, 1.82) is 0 Å². The summed E-state index contributed by atoms with van der Waals surface area (Å²) in [5, 5.41) is 0. The van der Waals surface area contributed by atoms with Gasteiger partial charge in [0.1, 0.15) is 17.1 Å². The fourth-order valence-corrected chi connectivity index (χ4v) is 4.65. The lowest BCUT2D eigenvalue weighted by atomic mass is 10.00. The van der Waals surface area contributed by atoms with E-state index >= 15 is 0 Å². The maximum atomic E-state index is 14.2. The highest BCUT2D eigenvalue weighted by Crippen LogP contribution is 2.42. The third-order valence-electron chi connectivity index (χ3n) is 5.91. The van der Waals surface area contributed by atoms with Crippen molar-refractivity contribution in [1.82, 2.24) is 4.98 Å². The Bertz CT molecular complexity index is 1290. The molecular weight excluding hydrogens is 544 g/mol. The summed E-state index contributed by atoms with van der Waals surface area (Å²) < 4.78 is 60.4. The number of fused-ring (bicyclic) bond motifs is 1. The number of pyridine rings is 1. The number of aryl methyl sites for hydroxylation is 1. The molecule has 0 saturated heterocycles. The second-order valence-electron chi connectivity index (χ2n) is 8.21. The number of methoxy groups -OCH3 is 1. The van der Waals surface area contributed by atoms with E-state index in [4.69, 9.17) is 10.5 Å². The topological polar surface area (TPSA) is 71.7 Å². The number of unbranched alkanes of at least 4 members (excludes halogenated alkanes) is 1. The molecule has 1 amide bonds. The van der Waals surface area contributed by atoms with Gasteiger partial charge in [0.05, 0.1) is 29.6 Å². The third-order valence-corrected chi connectivity index (χ3v) is 6.49. The van der Waals surface area contributed by atoms with Crippen molar-refractivity contribution in [3.05, 3.63) is 75.6 Å². The van der Waals surface area contributed by atoms with Gasteiger partial charge in [-0.25, -0.2) is 9.37 Å². The Labute approximate surface area is 213 Å². The minimum atomic E-state index is -4.60. The van der Waals surface area contributed by atoms with Gasteiger partial charge in [-0.2, -0.15) is 13.2 Å². The van der Waals surface area contributed by atoms with E-state index in [1.54, 1.807) is 17.0 Å². The second kappa shape index (κ2) is 10.4. The average Bonchev–Trinajstić information content (AvgIpc) is 2.84. The molecule has 0 radical (unpaired) electrons. The number of carbonyl (C=O) groups is 1. The SMILES string of the molecule is COc1ccc(N2CN(c3ccc(F)cc3CCCCN)c3cc(C(F)(F)F)ccc3C2=O)c(Br)n1. The zero-order valence-corrected chi connectivity index (χ0v) is 20.9. The Morgan fingerprint density at radius 3 is 2.44 bits per heavy atom. The number of anilines is 3. The summed E-state index contributed by atoms with van der Waals surface area (Å²) in [6.45, 7) is 0.349. The normalized spacial score (nSPS) is 13.7. The Morgan fingerprint density at radius 1 is 1.03 bits per heavy atom. The van der Waals surface area contributed by atoms with Gasteiger partial charge in [-0.3, -0.25) is 9.69 Å². The van der Waals surface area contributed by atoms with Gasteiger partial charge in [0.15, 0.2) is 0 Å². The van der Waals surface area contributed by atoms with Crippen molar-refractivity contribution in [2.75, 3.05) is 30.1 Å². The Balaban J connectivity index is 1.87. The quantitative estimate of drug-likeness (QED) is 0.214. The Hall–Kier alpha value is -3.18. The van der Waals surface area contributed by atoms with Crippen LogP contribution >= 0.6 is 15.9 Å². The highest BCUT2D eigenvalue weighted by molar-refractivity contribution is 9.10. The Kier molecular flexibility index (Phi) is 7.51. The van der Waals surface area contributed by atoms with Crippen LogP contribution in [-0.4, -0.2) is 31.2 Å². The van der Waals surface area contributed by atoms with Crippen LogP contribution in [0.5, 0.6) is 5.88 Å². The number of aromatic nitrogens is 1. The summed E-state index contributed by atoms with van der Waals surface area (Å²) in [5.41, 5.74) is 6.40. The third kappa shape index (κ3) is 5.17. The summed E-state index contributed by atoms with van der Waals surface area (Å²) in [6, 6.07) is 10.4. The summed E-state index contributed by atoms with van der Waals surface area (Å²) in [6.07, 6.45) is -2.75. The van der Waals surface area contributed by atoms with Crippen molar-refractivity contribution < 1.29 is 27.1 Å². The van der Waals surface area contributed by atoms with Crippen LogP contribution in [0.2, 0.25) is 0 Å². The number of benzene rings is 2. The molecule has 36 heavy (non-hydrogen) atoms. The van der Waals surface area contributed by atoms with E-state index in [0.717, 1.165) is 12.1 Å². The van der Waals surface area contributed by atoms with Crippen LogP contribution in [0.25, 0.3) is 0 Å². The monoisotopic (exact) mass is 566 g/mol. The van der Waals surface area contributed by atoms with Crippen LogP contribution in [0.4, 0.5) is 34.6 Å². The van der Waals surface area contributed by atoms with E-state index in [0.29, 0.717) is 53.2 Å². The maximum Gasteiger partial charge on any atom is 0.416 e. The molecule has 2 heterocycles. The van der Waals surface area contributed by atoms with Crippen molar-refractivity contribution >= 4 is 38.9 Å². The van der Waals surface area contributed by atoms with Gasteiger partial charge >= 0.3 is 6.18 Å². The summed E-state index contributed by atoms with van der Waals surface area (Å²) in [5.74, 6) is -0.630. The minimum Gasteiger partial charge on any atom is -0.481 e.